The van der Waals surface area contributed by atoms with Crippen LogP contribution >= 0.6 is 0 Å². The van der Waals surface area contributed by atoms with Crippen LogP contribution in [0.25, 0.3) is 0 Å². The Bertz CT molecular complexity index is 665. The highest BCUT2D eigenvalue weighted by Gasteiger charge is 2.33. The van der Waals surface area contributed by atoms with Gasteiger partial charge in [0.1, 0.15) is 11.4 Å². The summed E-state index contributed by atoms with van der Waals surface area (Å²) < 4.78 is 42.9. The van der Waals surface area contributed by atoms with E-state index in [2.05, 4.69) is 5.32 Å². The van der Waals surface area contributed by atoms with E-state index in [0.29, 0.717) is 11.8 Å². The predicted octanol–water partition coefficient (Wildman–Crippen LogP) is 4.13. The van der Waals surface area contributed by atoms with Crippen LogP contribution in [-0.2, 0) is 12.7 Å². The van der Waals surface area contributed by atoms with Crippen molar-refractivity contribution >= 4 is 11.4 Å². The van der Waals surface area contributed by atoms with Crippen molar-refractivity contribution in [2.24, 2.45) is 0 Å². The molecule has 0 aliphatic rings. The number of anilines is 1. The van der Waals surface area contributed by atoms with Crippen LogP contribution < -0.4 is 5.32 Å². The second-order valence-electron chi connectivity index (χ2n) is 4.37. The van der Waals surface area contributed by atoms with Gasteiger partial charge in [0.25, 0.3) is 5.69 Å². The van der Waals surface area contributed by atoms with E-state index < -0.39 is 22.4 Å². The van der Waals surface area contributed by atoms with Crippen molar-refractivity contribution in [2.75, 3.05) is 5.32 Å². The van der Waals surface area contributed by atoms with E-state index in [1.54, 1.807) is 13.0 Å². The number of nitrogens with zero attached hydrogens (tertiary/aromatic N) is 1. The molecule has 5 nitrogen and oxygen atoms in total. The molecule has 21 heavy (non-hydrogen) atoms. The van der Waals surface area contributed by atoms with E-state index in [1.165, 1.54) is 6.26 Å². The summed E-state index contributed by atoms with van der Waals surface area (Å²) in [5.74, 6) is 0.559. The lowest BCUT2D eigenvalue weighted by molar-refractivity contribution is -0.384. The fraction of sp³-hybridized carbons (Fsp3) is 0.231. The zero-order valence-electron chi connectivity index (χ0n) is 10.9. The number of benzene rings is 1. The summed E-state index contributed by atoms with van der Waals surface area (Å²) in [7, 11) is 0. The van der Waals surface area contributed by atoms with Gasteiger partial charge < -0.3 is 9.73 Å². The number of hydrogen-bond acceptors (Lipinski definition) is 4. The third kappa shape index (κ3) is 3.33. The highest BCUT2D eigenvalue weighted by Crippen LogP contribution is 2.35. The molecule has 0 saturated carbocycles. The third-order valence-corrected chi connectivity index (χ3v) is 2.93. The van der Waals surface area contributed by atoms with Gasteiger partial charge in [-0.2, -0.15) is 13.2 Å². The first-order valence-electron chi connectivity index (χ1n) is 5.91. The van der Waals surface area contributed by atoms with E-state index in [4.69, 9.17) is 4.42 Å². The average molecular weight is 300 g/mol. The molecule has 0 saturated heterocycles. The zero-order chi connectivity index (χ0) is 15.6. The van der Waals surface area contributed by atoms with Gasteiger partial charge in [0.2, 0.25) is 0 Å². The van der Waals surface area contributed by atoms with Crippen LogP contribution in [0, 0.1) is 17.0 Å². The summed E-state index contributed by atoms with van der Waals surface area (Å²) >= 11 is 0. The smallest absolute Gasteiger partial charge is 0.416 e. The van der Waals surface area contributed by atoms with Crippen LogP contribution in [0.2, 0.25) is 0 Å². The Morgan fingerprint density at radius 3 is 2.57 bits per heavy atom. The monoisotopic (exact) mass is 300 g/mol. The van der Waals surface area contributed by atoms with E-state index in [-0.39, 0.29) is 12.2 Å². The standard InChI is InChI=1S/C13H11F3N2O3/c1-8-4-5-21-12(8)7-17-10-3-2-9(13(14,15)16)6-11(10)18(19)20/h2-6,17H,7H2,1H3. The Labute approximate surface area is 117 Å². The number of nitro benzene ring substituents is 1. The number of aryl methyl sites for hydroxylation is 1. The molecule has 1 aromatic carbocycles. The van der Waals surface area contributed by atoms with Crippen LogP contribution in [0.5, 0.6) is 0 Å². The van der Waals surface area contributed by atoms with Gasteiger partial charge in [-0.15, -0.1) is 0 Å². The highest BCUT2D eigenvalue weighted by molar-refractivity contribution is 5.63. The minimum atomic E-state index is -4.62. The fourth-order valence-electron chi connectivity index (χ4n) is 1.77. The van der Waals surface area contributed by atoms with E-state index in [1.807, 2.05) is 0 Å². The summed E-state index contributed by atoms with van der Waals surface area (Å²) in [5.41, 5.74) is -0.844. The molecule has 0 spiro atoms. The second kappa shape index (κ2) is 5.47. The molecule has 2 aromatic rings. The Balaban J connectivity index is 2.27. The molecule has 2 rings (SSSR count). The third-order valence-electron chi connectivity index (χ3n) is 2.93. The molecule has 0 fully saturated rings. The molecule has 112 valence electrons. The van der Waals surface area contributed by atoms with Crippen LogP contribution in [-0.4, -0.2) is 4.92 Å². The first-order valence-corrected chi connectivity index (χ1v) is 5.91. The Kier molecular flexibility index (Phi) is 3.88. The number of nitro groups is 1. The zero-order valence-corrected chi connectivity index (χ0v) is 10.9. The molecule has 0 aliphatic heterocycles. The number of hydrogen-bond donors (Lipinski definition) is 1. The average Bonchev–Trinajstić information content (AvgIpc) is 2.80. The van der Waals surface area contributed by atoms with Gasteiger partial charge in [-0.25, -0.2) is 0 Å². The van der Waals surface area contributed by atoms with Gasteiger partial charge in [-0.3, -0.25) is 10.1 Å². The normalized spacial score (nSPS) is 11.4. The van der Waals surface area contributed by atoms with Gasteiger partial charge in [-0.1, -0.05) is 0 Å². The van der Waals surface area contributed by atoms with Crippen molar-refractivity contribution in [3.05, 3.63) is 57.5 Å². The Hall–Kier alpha value is -2.51. The van der Waals surface area contributed by atoms with E-state index in [9.17, 15) is 23.3 Å². The first-order chi connectivity index (χ1) is 9.79. The molecule has 1 aromatic heterocycles. The van der Waals surface area contributed by atoms with E-state index >= 15 is 0 Å². The molecule has 1 heterocycles. The van der Waals surface area contributed by atoms with Crippen molar-refractivity contribution in [1.29, 1.82) is 0 Å². The lowest BCUT2D eigenvalue weighted by Crippen LogP contribution is -2.08. The maximum absolute atomic E-state index is 12.6. The number of rotatable bonds is 4. The SMILES string of the molecule is Cc1ccoc1CNc1ccc(C(F)(F)F)cc1[N+](=O)[O-]. The quantitative estimate of drug-likeness (QED) is 0.681. The fourth-order valence-corrected chi connectivity index (χ4v) is 1.77. The van der Waals surface area contributed by atoms with Gasteiger partial charge in [0.15, 0.2) is 0 Å². The number of alkyl halides is 3. The summed E-state index contributed by atoms with van der Waals surface area (Å²) in [6.45, 7) is 1.94. The lowest BCUT2D eigenvalue weighted by atomic mass is 10.1. The molecule has 0 amide bonds. The number of furan rings is 1. The maximum Gasteiger partial charge on any atom is 0.416 e. The molecule has 1 N–H and O–H groups in total. The molecule has 0 unspecified atom stereocenters. The van der Waals surface area contributed by atoms with Crippen LogP contribution in [0.1, 0.15) is 16.9 Å². The molecule has 0 bridgehead atoms. The van der Waals surface area contributed by atoms with Crippen molar-refractivity contribution in [2.45, 2.75) is 19.6 Å². The molecule has 0 atom stereocenters. The molecule has 0 aliphatic carbocycles. The van der Waals surface area contributed by atoms with Crippen molar-refractivity contribution in [1.82, 2.24) is 0 Å². The molecule has 8 heteroatoms. The van der Waals surface area contributed by atoms with Gasteiger partial charge in [0.05, 0.1) is 23.3 Å². The van der Waals surface area contributed by atoms with Crippen LogP contribution in [0.3, 0.4) is 0 Å². The van der Waals surface area contributed by atoms with Crippen molar-refractivity contribution in [3.63, 3.8) is 0 Å². The van der Waals surface area contributed by atoms with Gasteiger partial charge in [0, 0.05) is 6.07 Å². The maximum atomic E-state index is 12.6. The molecular weight excluding hydrogens is 289 g/mol. The van der Waals surface area contributed by atoms with Gasteiger partial charge >= 0.3 is 6.18 Å². The molecular formula is C13H11F3N2O3. The van der Waals surface area contributed by atoms with E-state index in [0.717, 1.165) is 17.7 Å². The predicted molar refractivity (Wildman–Crippen MR) is 68.9 cm³/mol. The minimum Gasteiger partial charge on any atom is -0.467 e. The van der Waals surface area contributed by atoms with Gasteiger partial charge in [-0.05, 0) is 30.7 Å². The van der Waals surface area contributed by atoms with Crippen LogP contribution in [0.4, 0.5) is 24.5 Å². The highest BCUT2D eigenvalue weighted by atomic mass is 19.4. The Morgan fingerprint density at radius 2 is 2.05 bits per heavy atom. The van der Waals surface area contributed by atoms with Crippen molar-refractivity contribution in [3.8, 4) is 0 Å². The Morgan fingerprint density at radius 1 is 1.33 bits per heavy atom. The number of nitrogens with one attached hydrogen (secondary N) is 1. The summed E-state index contributed by atoms with van der Waals surface area (Å²) in [4.78, 5) is 10.0. The van der Waals surface area contributed by atoms with Crippen LogP contribution in [0.15, 0.2) is 34.9 Å². The molecule has 0 radical (unpaired) electrons. The van der Waals surface area contributed by atoms with Crippen molar-refractivity contribution < 1.29 is 22.5 Å². The summed E-state index contributed by atoms with van der Waals surface area (Å²) in [6.07, 6.45) is -3.16. The topological polar surface area (TPSA) is 68.3 Å². The minimum absolute atomic E-state index is 0.00352. The largest absolute Gasteiger partial charge is 0.467 e. The first kappa shape index (κ1) is 14.9. The second-order valence-corrected chi connectivity index (χ2v) is 4.37. The summed E-state index contributed by atoms with van der Waals surface area (Å²) in [5, 5.41) is 13.6. The number of halogens is 3. The lowest BCUT2D eigenvalue weighted by Gasteiger charge is -2.10. The summed E-state index contributed by atoms with van der Waals surface area (Å²) in [6, 6.07) is 4.07.